The maximum atomic E-state index is 12.3. The zero-order chi connectivity index (χ0) is 15.4. The molecule has 1 atom stereocenters. The fourth-order valence-electron chi connectivity index (χ4n) is 2.48. The molecule has 1 heterocycles. The summed E-state index contributed by atoms with van der Waals surface area (Å²) in [5.74, 6) is -0.0429. The van der Waals surface area contributed by atoms with Crippen molar-refractivity contribution in [2.75, 3.05) is 5.75 Å². The van der Waals surface area contributed by atoms with Crippen LogP contribution in [0.15, 0.2) is 70.7 Å². The molecule has 2 aromatic carbocycles. The number of benzene rings is 2. The number of rotatable bonds is 5. The van der Waals surface area contributed by atoms with Gasteiger partial charge in [0.05, 0.1) is 16.4 Å². The standard InChI is InChI=1S/C17H17NO3S/c19-22(20,17-9-5-2-6-10-17)13-16-12-15(18-21-16)11-14-7-3-1-4-8-14/h1-10,16H,11-13H2. The quantitative estimate of drug-likeness (QED) is 0.852. The minimum atomic E-state index is -3.34. The molecule has 22 heavy (non-hydrogen) atoms. The molecular formula is C17H17NO3S. The van der Waals surface area contributed by atoms with E-state index in [1.807, 2.05) is 30.3 Å². The molecule has 2 aromatic rings. The van der Waals surface area contributed by atoms with E-state index in [0.29, 0.717) is 17.7 Å². The molecule has 0 bridgehead atoms. The predicted octanol–water partition coefficient (Wildman–Crippen LogP) is 2.85. The van der Waals surface area contributed by atoms with Crippen molar-refractivity contribution < 1.29 is 13.3 Å². The Kier molecular flexibility index (Phi) is 4.24. The molecule has 0 fully saturated rings. The van der Waals surface area contributed by atoms with Crippen LogP contribution in [-0.4, -0.2) is 26.0 Å². The summed E-state index contributed by atoms with van der Waals surface area (Å²) in [6, 6.07) is 18.4. The van der Waals surface area contributed by atoms with Gasteiger partial charge in [-0.2, -0.15) is 0 Å². The van der Waals surface area contributed by atoms with Crippen molar-refractivity contribution in [3.8, 4) is 0 Å². The second-order valence-corrected chi connectivity index (χ2v) is 7.38. The summed E-state index contributed by atoms with van der Waals surface area (Å²) in [6.45, 7) is 0. The van der Waals surface area contributed by atoms with Crippen LogP contribution in [-0.2, 0) is 21.1 Å². The molecule has 0 amide bonds. The molecule has 0 spiro atoms. The first kappa shape index (κ1) is 14.8. The lowest BCUT2D eigenvalue weighted by Gasteiger charge is -2.09. The molecule has 0 aliphatic carbocycles. The summed E-state index contributed by atoms with van der Waals surface area (Å²) in [5, 5.41) is 4.04. The van der Waals surface area contributed by atoms with Gasteiger partial charge in [0.2, 0.25) is 0 Å². The molecule has 5 heteroatoms. The van der Waals surface area contributed by atoms with Crippen LogP contribution in [0.25, 0.3) is 0 Å². The molecule has 1 unspecified atom stereocenters. The number of oxime groups is 1. The van der Waals surface area contributed by atoms with E-state index in [0.717, 1.165) is 11.3 Å². The maximum Gasteiger partial charge on any atom is 0.182 e. The molecule has 0 saturated carbocycles. The van der Waals surface area contributed by atoms with Gasteiger partial charge >= 0.3 is 0 Å². The van der Waals surface area contributed by atoms with E-state index in [1.54, 1.807) is 30.3 Å². The minimum absolute atomic E-state index is 0.0429. The summed E-state index contributed by atoms with van der Waals surface area (Å²) >= 11 is 0. The Morgan fingerprint density at radius 3 is 2.32 bits per heavy atom. The van der Waals surface area contributed by atoms with Crippen LogP contribution < -0.4 is 0 Å². The average molecular weight is 315 g/mol. The van der Waals surface area contributed by atoms with Gasteiger partial charge in [-0.25, -0.2) is 8.42 Å². The monoisotopic (exact) mass is 315 g/mol. The third-order valence-corrected chi connectivity index (χ3v) is 5.35. The van der Waals surface area contributed by atoms with Crippen LogP contribution in [0.3, 0.4) is 0 Å². The Balaban J connectivity index is 1.61. The Morgan fingerprint density at radius 2 is 1.64 bits per heavy atom. The van der Waals surface area contributed by atoms with Crippen molar-refractivity contribution in [1.29, 1.82) is 0 Å². The van der Waals surface area contributed by atoms with Crippen LogP contribution in [0, 0.1) is 0 Å². The Morgan fingerprint density at radius 1 is 1.00 bits per heavy atom. The first-order valence-corrected chi connectivity index (χ1v) is 8.82. The third kappa shape index (κ3) is 3.54. The zero-order valence-corrected chi connectivity index (χ0v) is 12.9. The molecule has 4 nitrogen and oxygen atoms in total. The lowest BCUT2D eigenvalue weighted by atomic mass is 10.1. The number of hydrogen-bond acceptors (Lipinski definition) is 4. The van der Waals surface area contributed by atoms with Crippen LogP contribution in [0.4, 0.5) is 0 Å². The van der Waals surface area contributed by atoms with Crippen LogP contribution in [0.1, 0.15) is 12.0 Å². The number of nitrogens with zero attached hydrogens (tertiary/aromatic N) is 1. The molecular weight excluding hydrogens is 298 g/mol. The van der Waals surface area contributed by atoms with Crippen molar-refractivity contribution in [2.24, 2.45) is 5.16 Å². The van der Waals surface area contributed by atoms with Crippen molar-refractivity contribution >= 4 is 15.5 Å². The highest BCUT2D eigenvalue weighted by atomic mass is 32.2. The predicted molar refractivity (Wildman–Crippen MR) is 85.6 cm³/mol. The van der Waals surface area contributed by atoms with Crippen molar-refractivity contribution in [3.05, 3.63) is 66.2 Å². The lowest BCUT2D eigenvalue weighted by molar-refractivity contribution is 0.102. The second kappa shape index (κ2) is 6.32. The summed E-state index contributed by atoms with van der Waals surface area (Å²) in [7, 11) is -3.34. The molecule has 0 N–H and O–H groups in total. The summed E-state index contributed by atoms with van der Waals surface area (Å²) in [5.41, 5.74) is 2.04. The maximum absolute atomic E-state index is 12.3. The summed E-state index contributed by atoms with van der Waals surface area (Å²) in [4.78, 5) is 5.63. The number of hydrogen-bond donors (Lipinski definition) is 0. The fraction of sp³-hybridized carbons (Fsp3) is 0.235. The van der Waals surface area contributed by atoms with E-state index in [9.17, 15) is 8.42 Å². The van der Waals surface area contributed by atoms with E-state index in [2.05, 4.69) is 5.16 Å². The Hall–Kier alpha value is -2.14. The molecule has 0 saturated heterocycles. The first-order valence-electron chi connectivity index (χ1n) is 7.17. The molecule has 3 rings (SSSR count). The highest BCUT2D eigenvalue weighted by Crippen LogP contribution is 2.19. The van der Waals surface area contributed by atoms with Crippen molar-refractivity contribution in [3.63, 3.8) is 0 Å². The average Bonchev–Trinajstić information content (AvgIpc) is 2.95. The van der Waals surface area contributed by atoms with Gasteiger partial charge in [0.25, 0.3) is 0 Å². The summed E-state index contributed by atoms with van der Waals surface area (Å²) in [6.07, 6.45) is 0.855. The SMILES string of the molecule is O=S(=O)(CC1CC(Cc2ccccc2)=NO1)c1ccccc1. The highest BCUT2D eigenvalue weighted by molar-refractivity contribution is 7.91. The van der Waals surface area contributed by atoms with Gasteiger partial charge in [-0.15, -0.1) is 0 Å². The summed E-state index contributed by atoms with van der Waals surface area (Å²) < 4.78 is 24.6. The van der Waals surface area contributed by atoms with Gasteiger partial charge < -0.3 is 4.84 Å². The van der Waals surface area contributed by atoms with Crippen LogP contribution >= 0.6 is 0 Å². The van der Waals surface area contributed by atoms with E-state index < -0.39 is 15.9 Å². The van der Waals surface area contributed by atoms with Crippen molar-refractivity contribution in [1.82, 2.24) is 0 Å². The minimum Gasteiger partial charge on any atom is -0.391 e. The van der Waals surface area contributed by atoms with Gasteiger partial charge in [-0.3, -0.25) is 0 Å². The molecule has 114 valence electrons. The number of sulfone groups is 1. The molecule has 1 aliphatic heterocycles. The zero-order valence-electron chi connectivity index (χ0n) is 12.1. The fourth-order valence-corrected chi connectivity index (χ4v) is 3.91. The smallest absolute Gasteiger partial charge is 0.182 e. The highest BCUT2D eigenvalue weighted by Gasteiger charge is 2.27. The van der Waals surface area contributed by atoms with E-state index in [-0.39, 0.29) is 5.75 Å². The van der Waals surface area contributed by atoms with E-state index in [1.165, 1.54) is 0 Å². The van der Waals surface area contributed by atoms with Gasteiger partial charge in [0.15, 0.2) is 9.84 Å². The Bertz CT molecular complexity index is 755. The molecule has 0 aromatic heterocycles. The van der Waals surface area contributed by atoms with E-state index >= 15 is 0 Å². The van der Waals surface area contributed by atoms with Gasteiger partial charge in [0.1, 0.15) is 6.10 Å². The Labute approximate surface area is 130 Å². The topological polar surface area (TPSA) is 55.7 Å². The van der Waals surface area contributed by atoms with Crippen LogP contribution in [0.2, 0.25) is 0 Å². The molecule has 1 aliphatic rings. The normalized spacial score (nSPS) is 17.8. The van der Waals surface area contributed by atoms with E-state index in [4.69, 9.17) is 4.84 Å². The van der Waals surface area contributed by atoms with Gasteiger partial charge in [-0.1, -0.05) is 53.7 Å². The van der Waals surface area contributed by atoms with Gasteiger partial charge in [0, 0.05) is 12.8 Å². The lowest BCUT2D eigenvalue weighted by Crippen LogP contribution is -2.21. The van der Waals surface area contributed by atoms with Crippen LogP contribution in [0.5, 0.6) is 0 Å². The molecule has 0 radical (unpaired) electrons. The third-order valence-electron chi connectivity index (χ3n) is 3.55. The van der Waals surface area contributed by atoms with Gasteiger partial charge in [-0.05, 0) is 17.7 Å². The largest absolute Gasteiger partial charge is 0.391 e. The second-order valence-electron chi connectivity index (χ2n) is 5.35. The first-order chi connectivity index (χ1) is 10.6. The van der Waals surface area contributed by atoms with Crippen molar-refractivity contribution in [2.45, 2.75) is 23.8 Å².